The molecule has 0 rings (SSSR count). The van der Waals surface area contributed by atoms with Crippen LogP contribution >= 0.6 is 0 Å². The number of nitrogens with zero attached hydrogens (tertiary/aromatic N) is 1. The molecule has 13 heavy (non-hydrogen) atoms. The fourth-order valence-corrected chi connectivity index (χ4v) is 0.759. The van der Waals surface area contributed by atoms with E-state index < -0.39 is 5.97 Å². The van der Waals surface area contributed by atoms with E-state index in [2.05, 4.69) is 0 Å². The maximum absolute atomic E-state index is 11.2. The number of carbonyl (C=O) groups excluding carboxylic acids is 1. The average Bonchev–Trinajstić information content (AvgIpc) is 2.11. The Kier molecular flexibility index (Phi) is 5.06. The van der Waals surface area contributed by atoms with E-state index in [4.69, 9.17) is 10.2 Å². The van der Waals surface area contributed by atoms with Crippen molar-refractivity contribution in [3.8, 4) is 0 Å². The Morgan fingerprint density at radius 2 is 1.92 bits per heavy atom. The first-order valence-corrected chi connectivity index (χ1v) is 4.07. The van der Waals surface area contributed by atoms with Gasteiger partial charge in [-0.1, -0.05) is 0 Å². The first-order chi connectivity index (χ1) is 5.99. The standard InChI is InChI=1S/C8H15NO4/c1-6(5-10)9(2)7(11)3-4-8(12)13/h6,10H,3-5H2,1-2H3,(H,12,13). The largest absolute Gasteiger partial charge is 0.481 e. The van der Waals surface area contributed by atoms with Gasteiger partial charge in [-0.05, 0) is 6.92 Å². The summed E-state index contributed by atoms with van der Waals surface area (Å²) >= 11 is 0. The number of aliphatic carboxylic acids is 1. The second-order valence-corrected chi connectivity index (χ2v) is 2.93. The summed E-state index contributed by atoms with van der Waals surface area (Å²) in [7, 11) is 1.55. The normalized spacial score (nSPS) is 12.2. The highest BCUT2D eigenvalue weighted by Gasteiger charge is 2.15. The SMILES string of the molecule is CC(CO)N(C)C(=O)CCC(=O)O. The van der Waals surface area contributed by atoms with E-state index in [1.165, 1.54) is 4.90 Å². The summed E-state index contributed by atoms with van der Waals surface area (Å²) in [6.45, 7) is 1.58. The summed E-state index contributed by atoms with van der Waals surface area (Å²) in [6.07, 6.45) is -0.183. The molecule has 0 spiro atoms. The van der Waals surface area contributed by atoms with Crippen molar-refractivity contribution in [3.05, 3.63) is 0 Å². The van der Waals surface area contributed by atoms with Crippen LogP contribution in [0.3, 0.4) is 0 Å². The maximum atomic E-state index is 11.2. The van der Waals surface area contributed by atoms with Crippen LogP contribution in [0.25, 0.3) is 0 Å². The van der Waals surface area contributed by atoms with Crippen molar-refractivity contribution >= 4 is 11.9 Å². The highest BCUT2D eigenvalue weighted by Crippen LogP contribution is 2.00. The topological polar surface area (TPSA) is 77.8 Å². The van der Waals surface area contributed by atoms with Crippen molar-refractivity contribution in [1.82, 2.24) is 4.90 Å². The predicted molar refractivity (Wildman–Crippen MR) is 46.2 cm³/mol. The van der Waals surface area contributed by atoms with Gasteiger partial charge in [-0.2, -0.15) is 0 Å². The molecule has 0 radical (unpaired) electrons. The van der Waals surface area contributed by atoms with Gasteiger partial charge in [0.2, 0.25) is 5.91 Å². The number of hydrogen-bond acceptors (Lipinski definition) is 3. The van der Waals surface area contributed by atoms with Gasteiger partial charge in [0.25, 0.3) is 0 Å². The Balaban J connectivity index is 3.89. The number of amides is 1. The van der Waals surface area contributed by atoms with Gasteiger partial charge in [-0.25, -0.2) is 0 Å². The third-order valence-electron chi connectivity index (χ3n) is 1.87. The van der Waals surface area contributed by atoms with Gasteiger partial charge >= 0.3 is 5.97 Å². The lowest BCUT2D eigenvalue weighted by Gasteiger charge is -2.22. The summed E-state index contributed by atoms with van der Waals surface area (Å²) in [5.74, 6) is -1.25. The lowest BCUT2D eigenvalue weighted by atomic mass is 10.2. The fraction of sp³-hybridized carbons (Fsp3) is 0.750. The number of carboxylic acid groups (broad SMARTS) is 1. The van der Waals surface area contributed by atoms with E-state index in [0.717, 1.165) is 0 Å². The molecule has 1 amide bonds. The van der Waals surface area contributed by atoms with Crippen LogP contribution in [0.1, 0.15) is 19.8 Å². The second kappa shape index (κ2) is 5.53. The van der Waals surface area contributed by atoms with Crippen LogP contribution in [-0.4, -0.2) is 46.7 Å². The summed E-state index contributed by atoms with van der Waals surface area (Å²) < 4.78 is 0. The minimum Gasteiger partial charge on any atom is -0.481 e. The smallest absolute Gasteiger partial charge is 0.303 e. The highest BCUT2D eigenvalue weighted by molar-refractivity contribution is 5.80. The van der Waals surface area contributed by atoms with E-state index >= 15 is 0 Å². The number of carbonyl (C=O) groups is 2. The first-order valence-electron chi connectivity index (χ1n) is 4.07. The van der Waals surface area contributed by atoms with Gasteiger partial charge in [0.1, 0.15) is 0 Å². The summed E-state index contributed by atoms with van der Waals surface area (Å²) in [4.78, 5) is 22.7. The van der Waals surface area contributed by atoms with Crippen LogP contribution in [0.2, 0.25) is 0 Å². The molecule has 0 aromatic rings. The number of likely N-dealkylation sites (N-methyl/N-ethyl adjacent to an activating group) is 1. The summed E-state index contributed by atoms with van der Waals surface area (Å²) in [5, 5.41) is 17.0. The Bertz CT molecular complexity index is 193. The van der Waals surface area contributed by atoms with E-state index in [-0.39, 0.29) is 31.4 Å². The Morgan fingerprint density at radius 3 is 2.31 bits per heavy atom. The van der Waals surface area contributed by atoms with Gasteiger partial charge in [-0.15, -0.1) is 0 Å². The minimum absolute atomic E-state index is 0.0177. The van der Waals surface area contributed by atoms with E-state index in [0.29, 0.717) is 0 Å². The van der Waals surface area contributed by atoms with Crippen LogP contribution in [0, 0.1) is 0 Å². The molecule has 0 fully saturated rings. The third-order valence-corrected chi connectivity index (χ3v) is 1.87. The van der Waals surface area contributed by atoms with Gasteiger partial charge in [-0.3, -0.25) is 9.59 Å². The molecule has 5 heteroatoms. The van der Waals surface area contributed by atoms with Crippen LogP contribution < -0.4 is 0 Å². The Morgan fingerprint density at radius 1 is 1.38 bits per heavy atom. The molecular formula is C8H15NO4. The lowest BCUT2D eigenvalue weighted by molar-refractivity contribution is -0.141. The number of carboxylic acids is 1. The van der Waals surface area contributed by atoms with E-state index in [1.54, 1.807) is 14.0 Å². The highest BCUT2D eigenvalue weighted by atomic mass is 16.4. The molecule has 1 atom stereocenters. The van der Waals surface area contributed by atoms with Crippen molar-refractivity contribution in [2.24, 2.45) is 0 Å². The zero-order chi connectivity index (χ0) is 10.4. The Hall–Kier alpha value is -1.10. The predicted octanol–water partition coefficient (Wildman–Crippen LogP) is -0.310. The fourth-order valence-electron chi connectivity index (χ4n) is 0.759. The van der Waals surface area contributed by atoms with Gasteiger partial charge in [0, 0.05) is 13.5 Å². The van der Waals surface area contributed by atoms with Crippen molar-refractivity contribution in [1.29, 1.82) is 0 Å². The molecule has 0 heterocycles. The zero-order valence-corrected chi connectivity index (χ0v) is 7.86. The molecule has 5 nitrogen and oxygen atoms in total. The van der Waals surface area contributed by atoms with Gasteiger partial charge < -0.3 is 15.1 Å². The molecule has 0 aliphatic heterocycles. The molecule has 2 N–H and O–H groups in total. The summed E-state index contributed by atoms with van der Waals surface area (Å²) in [5.41, 5.74) is 0. The van der Waals surface area contributed by atoms with Crippen molar-refractivity contribution in [3.63, 3.8) is 0 Å². The molecule has 0 saturated heterocycles. The van der Waals surface area contributed by atoms with E-state index in [9.17, 15) is 9.59 Å². The van der Waals surface area contributed by atoms with Crippen LogP contribution in [0.15, 0.2) is 0 Å². The van der Waals surface area contributed by atoms with Crippen molar-refractivity contribution in [2.75, 3.05) is 13.7 Å². The summed E-state index contributed by atoms with van der Waals surface area (Å²) in [6, 6.07) is -0.263. The van der Waals surface area contributed by atoms with Gasteiger partial charge in [0.15, 0.2) is 0 Å². The van der Waals surface area contributed by atoms with E-state index in [1.807, 2.05) is 0 Å². The molecule has 0 aromatic heterocycles. The molecule has 0 aliphatic carbocycles. The molecule has 76 valence electrons. The second-order valence-electron chi connectivity index (χ2n) is 2.93. The Labute approximate surface area is 77.0 Å². The van der Waals surface area contributed by atoms with Crippen molar-refractivity contribution in [2.45, 2.75) is 25.8 Å². The average molecular weight is 189 g/mol. The number of rotatable bonds is 5. The lowest BCUT2D eigenvalue weighted by Crippen LogP contribution is -2.37. The monoisotopic (exact) mass is 189 g/mol. The molecule has 0 aliphatic rings. The number of aliphatic hydroxyl groups is 1. The third kappa shape index (κ3) is 4.47. The quantitative estimate of drug-likeness (QED) is 0.622. The maximum Gasteiger partial charge on any atom is 0.303 e. The van der Waals surface area contributed by atoms with Gasteiger partial charge in [0.05, 0.1) is 19.1 Å². The minimum atomic E-state index is -0.988. The molecule has 0 aromatic carbocycles. The van der Waals surface area contributed by atoms with Crippen LogP contribution in [0.4, 0.5) is 0 Å². The zero-order valence-electron chi connectivity index (χ0n) is 7.86. The van der Waals surface area contributed by atoms with Crippen molar-refractivity contribution < 1.29 is 19.8 Å². The van der Waals surface area contributed by atoms with Crippen LogP contribution in [0.5, 0.6) is 0 Å². The molecule has 1 unspecified atom stereocenters. The molecule has 0 bridgehead atoms. The van der Waals surface area contributed by atoms with Crippen LogP contribution in [-0.2, 0) is 9.59 Å². The first kappa shape index (κ1) is 11.9. The molecule has 0 saturated carbocycles. The number of aliphatic hydroxyl groups excluding tert-OH is 1. The number of hydrogen-bond donors (Lipinski definition) is 2. The molecular weight excluding hydrogens is 174 g/mol.